The van der Waals surface area contributed by atoms with Crippen LogP contribution < -0.4 is 5.73 Å². The number of benzene rings is 1. The van der Waals surface area contributed by atoms with E-state index >= 15 is 0 Å². The summed E-state index contributed by atoms with van der Waals surface area (Å²) in [6.45, 7) is -1.57. The van der Waals surface area contributed by atoms with Gasteiger partial charge in [0.05, 0.1) is 11.2 Å². The number of rotatable bonds is 8. The molecule has 0 aliphatic carbocycles. The molecular formula is C20H19F3N6O2. The number of fused-ring (bicyclic) bond motifs is 3. The van der Waals surface area contributed by atoms with Gasteiger partial charge in [0.15, 0.2) is 11.6 Å². The fourth-order valence-electron chi connectivity index (χ4n) is 3.33. The zero-order valence-electron chi connectivity index (χ0n) is 16.3. The van der Waals surface area contributed by atoms with Crippen LogP contribution >= 0.6 is 0 Å². The van der Waals surface area contributed by atoms with Crippen molar-refractivity contribution in [2.75, 3.05) is 18.9 Å². The van der Waals surface area contributed by atoms with E-state index in [0.29, 0.717) is 29.8 Å². The number of aromatic amines is 1. The first kappa shape index (κ1) is 20.8. The number of ketones is 1. The molecule has 162 valence electrons. The van der Waals surface area contributed by atoms with Gasteiger partial charge in [-0.15, -0.1) is 0 Å². The van der Waals surface area contributed by atoms with Crippen LogP contribution in [0.4, 0.5) is 19.0 Å². The van der Waals surface area contributed by atoms with Crippen LogP contribution in [0.3, 0.4) is 0 Å². The number of anilines is 1. The molecular weight excluding hydrogens is 413 g/mol. The van der Waals surface area contributed by atoms with Crippen molar-refractivity contribution in [1.82, 2.24) is 25.0 Å². The number of H-pyrrole nitrogens is 1. The largest absolute Gasteiger partial charge is 0.411 e. The average Bonchev–Trinajstić information content (AvgIpc) is 3.37. The van der Waals surface area contributed by atoms with Crippen molar-refractivity contribution in [2.45, 2.75) is 25.6 Å². The zero-order valence-corrected chi connectivity index (χ0v) is 16.3. The predicted octanol–water partition coefficient (Wildman–Crippen LogP) is 3.49. The third-order valence-electron chi connectivity index (χ3n) is 4.72. The van der Waals surface area contributed by atoms with Crippen LogP contribution in [0, 0.1) is 0 Å². The average molecular weight is 432 g/mol. The van der Waals surface area contributed by atoms with E-state index < -0.39 is 19.4 Å². The molecule has 0 radical (unpaired) electrons. The van der Waals surface area contributed by atoms with Crippen molar-refractivity contribution in [3.05, 3.63) is 36.7 Å². The van der Waals surface area contributed by atoms with E-state index in [0.717, 1.165) is 22.0 Å². The van der Waals surface area contributed by atoms with Gasteiger partial charge < -0.3 is 10.5 Å². The molecule has 0 aliphatic heterocycles. The summed E-state index contributed by atoms with van der Waals surface area (Å²) in [5.41, 5.74) is 9.16. The molecule has 3 aromatic heterocycles. The van der Waals surface area contributed by atoms with Crippen molar-refractivity contribution >= 4 is 33.4 Å². The molecule has 0 aliphatic rings. The number of pyridine rings is 1. The summed E-state index contributed by atoms with van der Waals surface area (Å²) in [4.78, 5) is 16.1. The molecule has 0 bridgehead atoms. The van der Waals surface area contributed by atoms with Crippen molar-refractivity contribution in [3.63, 3.8) is 0 Å². The molecule has 0 saturated carbocycles. The van der Waals surface area contributed by atoms with E-state index in [9.17, 15) is 18.0 Å². The Balaban J connectivity index is 1.45. The Kier molecular flexibility index (Phi) is 5.59. The number of nitrogens with two attached hydrogens (primary N) is 1. The third kappa shape index (κ3) is 4.82. The van der Waals surface area contributed by atoms with E-state index in [1.165, 1.54) is 0 Å². The van der Waals surface area contributed by atoms with Gasteiger partial charge in [0.1, 0.15) is 18.7 Å². The standard InChI is InChI=1S/C20H19F3N6O2/c21-20(22,23)11-31-10-13(30)2-1-7-29-9-15-14-4-3-12(16-5-6-25-27-16)8-17(14)26-19(24)18(15)28-29/h3-6,8-9H,1-2,7,10-11H2,(H2,24,26)(H,25,27). The normalized spacial score (nSPS) is 12.1. The van der Waals surface area contributed by atoms with E-state index in [-0.39, 0.29) is 12.2 Å². The van der Waals surface area contributed by atoms with E-state index in [1.54, 1.807) is 10.9 Å². The summed E-state index contributed by atoms with van der Waals surface area (Å²) in [6, 6.07) is 7.66. The number of Topliss-reactive ketones (excluding diaryl/α,β-unsaturated/α-hetero) is 1. The van der Waals surface area contributed by atoms with Crippen molar-refractivity contribution in [2.24, 2.45) is 0 Å². The summed E-state index contributed by atoms with van der Waals surface area (Å²) >= 11 is 0. The predicted molar refractivity (Wildman–Crippen MR) is 108 cm³/mol. The molecule has 0 fully saturated rings. The number of alkyl halides is 3. The van der Waals surface area contributed by atoms with Gasteiger partial charge in [-0.05, 0) is 18.6 Å². The Morgan fingerprint density at radius 3 is 2.81 bits per heavy atom. The molecule has 11 heteroatoms. The summed E-state index contributed by atoms with van der Waals surface area (Å²) in [7, 11) is 0. The first-order valence-electron chi connectivity index (χ1n) is 9.52. The number of halogens is 3. The third-order valence-corrected chi connectivity index (χ3v) is 4.72. The molecule has 8 nitrogen and oxygen atoms in total. The highest BCUT2D eigenvalue weighted by Crippen LogP contribution is 2.30. The Hall–Kier alpha value is -3.47. The quantitative estimate of drug-likeness (QED) is 0.441. The summed E-state index contributed by atoms with van der Waals surface area (Å²) in [6.07, 6.45) is -0.434. The number of carbonyl (C=O) groups is 1. The van der Waals surface area contributed by atoms with E-state index in [1.807, 2.05) is 30.5 Å². The molecule has 0 spiro atoms. The van der Waals surface area contributed by atoms with Crippen molar-refractivity contribution in [1.29, 1.82) is 0 Å². The second-order valence-electron chi connectivity index (χ2n) is 7.10. The molecule has 0 unspecified atom stereocenters. The Labute approximate surface area is 174 Å². The molecule has 3 heterocycles. The lowest BCUT2D eigenvalue weighted by molar-refractivity contribution is -0.175. The van der Waals surface area contributed by atoms with E-state index in [2.05, 4.69) is 25.0 Å². The van der Waals surface area contributed by atoms with E-state index in [4.69, 9.17) is 5.73 Å². The number of aromatic nitrogens is 5. The summed E-state index contributed by atoms with van der Waals surface area (Å²) in [5.74, 6) is -0.0986. The van der Waals surface area contributed by atoms with Gasteiger partial charge in [0.2, 0.25) is 0 Å². The Morgan fingerprint density at radius 1 is 1.23 bits per heavy atom. The lowest BCUT2D eigenvalue weighted by Gasteiger charge is -2.06. The molecule has 0 saturated heterocycles. The maximum absolute atomic E-state index is 12.1. The van der Waals surface area contributed by atoms with Gasteiger partial charge in [-0.3, -0.25) is 14.6 Å². The second-order valence-corrected chi connectivity index (χ2v) is 7.10. The SMILES string of the molecule is Nc1nc2cc(-c3ccn[nH]3)ccc2c2cn(CCCC(=O)COCC(F)(F)F)nc12. The van der Waals surface area contributed by atoms with Crippen molar-refractivity contribution in [3.8, 4) is 11.3 Å². The number of hydrogen-bond donors (Lipinski definition) is 2. The minimum absolute atomic E-state index is 0.0933. The topological polar surface area (TPSA) is 112 Å². The number of nitrogen functional groups attached to an aromatic ring is 1. The zero-order chi connectivity index (χ0) is 22.0. The number of nitrogens with one attached hydrogen (secondary N) is 1. The molecule has 0 atom stereocenters. The monoisotopic (exact) mass is 432 g/mol. The first-order valence-corrected chi connectivity index (χ1v) is 9.52. The van der Waals surface area contributed by atoms with Gasteiger partial charge in [-0.25, -0.2) is 4.98 Å². The molecule has 0 amide bonds. The van der Waals surface area contributed by atoms with Gasteiger partial charge >= 0.3 is 6.18 Å². The highest BCUT2D eigenvalue weighted by molar-refractivity contribution is 6.08. The Morgan fingerprint density at radius 2 is 2.06 bits per heavy atom. The fourth-order valence-corrected chi connectivity index (χ4v) is 3.33. The lowest BCUT2D eigenvalue weighted by atomic mass is 10.1. The lowest BCUT2D eigenvalue weighted by Crippen LogP contribution is -2.20. The van der Waals surface area contributed by atoms with Crippen LogP contribution in [0.15, 0.2) is 36.7 Å². The fraction of sp³-hybridized carbons (Fsp3) is 0.300. The number of hydrogen-bond acceptors (Lipinski definition) is 6. The molecule has 1 aromatic carbocycles. The minimum atomic E-state index is -4.44. The van der Waals surface area contributed by atoms with Gasteiger partial charge in [-0.2, -0.15) is 23.4 Å². The highest BCUT2D eigenvalue weighted by atomic mass is 19.4. The van der Waals surface area contributed by atoms with Gasteiger partial charge in [0, 0.05) is 41.7 Å². The summed E-state index contributed by atoms with van der Waals surface area (Å²) < 4.78 is 42.2. The van der Waals surface area contributed by atoms with Crippen LogP contribution in [-0.2, 0) is 16.1 Å². The van der Waals surface area contributed by atoms with Crippen LogP contribution in [0.5, 0.6) is 0 Å². The highest BCUT2D eigenvalue weighted by Gasteiger charge is 2.27. The maximum atomic E-state index is 12.1. The Bertz CT molecular complexity index is 1220. The van der Waals surface area contributed by atoms with Crippen molar-refractivity contribution < 1.29 is 22.7 Å². The molecule has 4 aromatic rings. The number of ether oxygens (including phenoxy) is 1. The summed E-state index contributed by atoms with van der Waals surface area (Å²) in [5, 5.41) is 13.0. The maximum Gasteiger partial charge on any atom is 0.411 e. The van der Waals surface area contributed by atoms with Crippen LogP contribution in [0.25, 0.3) is 33.1 Å². The molecule has 31 heavy (non-hydrogen) atoms. The number of carbonyl (C=O) groups excluding carboxylic acids is 1. The smallest absolute Gasteiger partial charge is 0.382 e. The van der Waals surface area contributed by atoms with Crippen LogP contribution in [-0.4, -0.2) is 50.1 Å². The molecule has 4 rings (SSSR count). The molecule has 3 N–H and O–H groups in total. The minimum Gasteiger partial charge on any atom is -0.382 e. The number of aryl methyl sites for hydroxylation is 1. The van der Waals surface area contributed by atoms with Crippen LogP contribution in [0.1, 0.15) is 12.8 Å². The second kappa shape index (κ2) is 8.34. The van der Waals surface area contributed by atoms with Crippen LogP contribution in [0.2, 0.25) is 0 Å². The first-order chi connectivity index (χ1) is 14.8. The number of nitrogens with zero attached hydrogens (tertiary/aromatic N) is 4. The van der Waals surface area contributed by atoms with Gasteiger partial charge in [-0.1, -0.05) is 12.1 Å². The van der Waals surface area contributed by atoms with Gasteiger partial charge in [0.25, 0.3) is 0 Å².